The molecule has 0 fully saturated rings. The van der Waals surface area contributed by atoms with Crippen molar-refractivity contribution in [3.63, 3.8) is 0 Å². The van der Waals surface area contributed by atoms with Gasteiger partial charge in [-0.2, -0.15) is 0 Å². The van der Waals surface area contributed by atoms with Gasteiger partial charge in [0.05, 0.1) is 13.1 Å². The largest absolute Gasteiger partial charge is 1.00 e. The Kier molecular flexibility index (Phi) is 29.8. The molecular formula is C40H72Cl2N2. The summed E-state index contributed by atoms with van der Waals surface area (Å²) in [5.41, 5.74) is 8.44. The molecule has 2 aromatic carbocycles. The van der Waals surface area contributed by atoms with E-state index in [1.165, 1.54) is 59.3 Å². The van der Waals surface area contributed by atoms with Crippen molar-refractivity contribution >= 4 is 0 Å². The summed E-state index contributed by atoms with van der Waals surface area (Å²) < 4.78 is 0. The van der Waals surface area contributed by atoms with Crippen molar-refractivity contribution in [2.75, 3.05) is 13.1 Å². The predicted octanol–water partition coefficient (Wildman–Crippen LogP) is 3.37. The normalized spacial score (nSPS) is 12.9. The van der Waals surface area contributed by atoms with Crippen LogP contribution in [0.15, 0.2) is 71.8 Å². The van der Waals surface area contributed by atoms with Crippen LogP contribution in [0.1, 0.15) is 131 Å². The molecule has 0 aliphatic heterocycles. The minimum atomic E-state index is 0. The molecule has 256 valence electrons. The van der Waals surface area contributed by atoms with E-state index in [-0.39, 0.29) is 39.7 Å². The van der Waals surface area contributed by atoms with E-state index in [0.717, 1.165) is 11.8 Å². The first-order chi connectivity index (χ1) is 18.8. The second-order valence-corrected chi connectivity index (χ2v) is 13.6. The fraction of sp³-hybridized carbons (Fsp3) is 0.600. The van der Waals surface area contributed by atoms with Gasteiger partial charge in [0, 0.05) is 24.7 Å². The lowest BCUT2D eigenvalue weighted by molar-refractivity contribution is -0.684. The van der Waals surface area contributed by atoms with Gasteiger partial charge < -0.3 is 35.4 Å². The molecule has 0 unspecified atom stereocenters. The Morgan fingerprint density at radius 2 is 0.818 bits per heavy atom. The predicted molar refractivity (Wildman–Crippen MR) is 192 cm³/mol. The van der Waals surface area contributed by atoms with Crippen molar-refractivity contribution in [3.05, 3.63) is 94.1 Å². The Hall–Kier alpha value is -1.58. The number of hydrogen-bond donors (Lipinski definition) is 2. The lowest BCUT2D eigenvalue weighted by Crippen LogP contribution is -3.00. The van der Waals surface area contributed by atoms with Crippen molar-refractivity contribution in [3.8, 4) is 0 Å². The highest BCUT2D eigenvalue weighted by molar-refractivity contribution is 5.25. The van der Waals surface area contributed by atoms with Crippen molar-refractivity contribution in [1.82, 2.24) is 0 Å². The van der Waals surface area contributed by atoms with Gasteiger partial charge in [0.15, 0.2) is 0 Å². The van der Waals surface area contributed by atoms with E-state index in [1.54, 1.807) is 0 Å². The van der Waals surface area contributed by atoms with E-state index in [4.69, 9.17) is 0 Å². The molecule has 4 heteroatoms. The molecule has 0 aliphatic rings. The summed E-state index contributed by atoms with van der Waals surface area (Å²) >= 11 is 0. The second-order valence-electron chi connectivity index (χ2n) is 13.6. The Labute approximate surface area is 288 Å². The molecule has 0 radical (unpaired) electrons. The zero-order valence-corrected chi connectivity index (χ0v) is 30.5. The molecule has 0 spiro atoms. The maximum atomic E-state index is 2.50. The van der Waals surface area contributed by atoms with Crippen LogP contribution in [0.4, 0.5) is 0 Å². The van der Waals surface area contributed by atoms with Gasteiger partial charge in [0.25, 0.3) is 0 Å². The first-order valence-corrected chi connectivity index (χ1v) is 15.9. The minimum Gasteiger partial charge on any atom is -1.00 e. The molecule has 4 atom stereocenters. The number of nitrogens with two attached hydrogens (primary N) is 2. The van der Waals surface area contributed by atoms with Gasteiger partial charge in [-0.05, 0) is 76.7 Å². The molecule has 0 aromatic heterocycles. The SMILES string of the molecule is C.C.CC(C)=C[C@@H](C[C@H](C)c1ccc(C)cc1)[NH2+]CC(C)C.CC(C)=C[C@H](C[C@H](C)c1ccc(C)cc1)[NH2+]CC(C)C.[Cl-].[Cl-]. The topological polar surface area (TPSA) is 33.2 Å². The van der Waals surface area contributed by atoms with Gasteiger partial charge in [0.2, 0.25) is 0 Å². The van der Waals surface area contributed by atoms with Crippen LogP contribution in [0.25, 0.3) is 0 Å². The smallest absolute Gasteiger partial charge is 0.105 e. The van der Waals surface area contributed by atoms with Gasteiger partial charge in [-0.15, -0.1) is 0 Å². The first-order valence-electron chi connectivity index (χ1n) is 15.9. The number of allylic oxidation sites excluding steroid dienone is 2. The number of halogens is 2. The summed E-state index contributed by atoms with van der Waals surface area (Å²) in [4.78, 5) is 0. The van der Waals surface area contributed by atoms with E-state index in [0.29, 0.717) is 23.9 Å². The van der Waals surface area contributed by atoms with Crippen LogP contribution >= 0.6 is 0 Å². The highest BCUT2D eigenvalue weighted by Crippen LogP contribution is 2.22. The van der Waals surface area contributed by atoms with Gasteiger partial charge in [-0.3, -0.25) is 0 Å². The zero-order valence-electron chi connectivity index (χ0n) is 29.0. The van der Waals surface area contributed by atoms with Crippen LogP contribution in [0.2, 0.25) is 0 Å². The standard InChI is InChI=1S/2C19H31N.2CH4.2ClH/c2*1-14(2)11-19(20-13-15(3)4)12-17(6)18-9-7-16(5)8-10-18;;;;/h2*7-11,15,17,19-20H,12-13H2,1-6H3;2*1H4;2*1H/t17-,19+;17-,19-;;;;/m00..../s1. The molecule has 2 rings (SSSR count). The fourth-order valence-corrected chi connectivity index (χ4v) is 5.09. The third-order valence-corrected chi connectivity index (χ3v) is 7.46. The molecule has 0 aliphatic carbocycles. The molecule has 0 saturated carbocycles. The van der Waals surface area contributed by atoms with Crippen molar-refractivity contribution in [2.45, 2.75) is 135 Å². The summed E-state index contributed by atoms with van der Waals surface area (Å²) in [7, 11) is 0. The maximum absolute atomic E-state index is 2.50. The van der Waals surface area contributed by atoms with Crippen LogP contribution < -0.4 is 35.4 Å². The third kappa shape index (κ3) is 22.9. The van der Waals surface area contributed by atoms with Crippen molar-refractivity contribution < 1.29 is 35.4 Å². The molecule has 0 saturated heterocycles. The van der Waals surface area contributed by atoms with Crippen LogP contribution in [0.5, 0.6) is 0 Å². The van der Waals surface area contributed by atoms with Gasteiger partial charge in [0.1, 0.15) is 12.1 Å². The maximum Gasteiger partial charge on any atom is 0.105 e. The van der Waals surface area contributed by atoms with Crippen LogP contribution in [-0.2, 0) is 0 Å². The first kappa shape index (κ1) is 49.3. The zero-order chi connectivity index (χ0) is 30.2. The van der Waals surface area contributed by atoms with E-state index in [1.807, 2.05) is 0 Å². The molecule has 0 amide bonds. The summed E-state index contributed by atoms with van der Waals surface area (Å²) in [6.07, 6.45) is 7.27. The van der Waals surface area contributed by atoms with E-state index in [9.17, 15) is 0 Å². The Balaban J connectivity index is -0.000000333. The molecule has 44 heavy (non-hydrogen) atoms. The number of quaternary nitrogens is 2. The average molecular weight is 652 g/mol. The van der Waals surface area contributed by atoms with Crippen molar-refractivity contribution in [1.29, 1.82) is 0 Å². The highest BCUT2D eigenvalue weighted by Gasteiger charge is 2.17. The monoisotopic (exact) mass is 651 g/mol. The lowest BCUT2D eigenvalue weighted by atomic mass is 9.92. The molecule has 0 bridgehead atoms. The molecular weight excluding hydrogens is 579 g/mol. The highest BCUT2D eigenvalue weighted by atomic mass is 35.5. The van der Waals surface area contributed by atoms with Gasteiger partial charge in [-0.25, -0.2) is 0 Å². The van der Waals surface area contributed by atoms with Crippen LogP contribution in [0.3, 0.4) is 0 Å². The molecule has 4 N–H and O–H groups in total. The fourth-order valence-electron chi connectivity index (χ4n) is 5.09. The van der Waals surface area contributed by atoms with E-state index >= 15 is 0 Å². The Bertz CT molecular complexity index is 915. The molecule has 2 nitrogen and oxygen atoms in total. The number of aryl methyl sites for hydroxylation is 2. The Morgan fingerprint density at radius 3 is 1.05 bits per heavy atom. The number of hydrogen-bond acceptors (Lipinski definition) is 0. The summed E-state index contributed by atoms with van der Waals surface area (Å²) in [5.74, 6) is 2.72. The molecule has 0 heterocycles. The lowest BCUT2D eigenvalue weighted by Gasteiger charge is -2.19. The molecule has 2 aromatic rings. The number of rotatable bonds is 14. The quantitative estimate of drug-likeness (QED) is 0.294. The minimum absolute atomic E-state index is 0. The van der Waals surface area contributed by atoms with Crippen LogP contribution in [0, 0.1) is 25.7 Å². The Morgan fingerprint density at radius 1 is 0.545 bits per heavy atom. The van der Waals surface area contributed by atoms with E-state index in [2.05, 4.69) is 154 Å². The van der Waals surface area contributed by atoms with Gasteiger partial charge in [-0.1, -0.05) is 127 Å². The second kappa shape index (κ2) is 26.6. The summed E-state index contributed by atoms with van der Waals surface area (Å²) in [6.45, 7) is 29.4. The summed E-state index contributed by atoms with van der Waals surface area (Å²) in [5, 5.41) is 5.00. The average Bonchev–Trinajstić information content (AvgIpc) is 2.86. The van der Waals surface area contributed by atoms with Crippen molar-refractivity contribution in [2.24, 2.45) is 11.8 Å². The van der Waals surface area contributed by atoms with Gasteiger partial charge >= 0.3 is 0 Å². The number of benzene rings is 2. The van der Waals surface area contributed by atoms with E-state index < -0.39 is 0 Å². The summed E-state index contributed by atoms with van der Waals surface area (Å²) in [6, 6.07) is 19.2. The van der Waals surface area contributed by atoms with Crippen LogP contribution in [-0.4, -0.2) is 25.2 Å². The third-order valence-electron chi connectivity index (χ3n) is 7.46.